The molecule has 2 rings (SSSR count). The van der Waals surface area contributed by atoms with Gasteiger partial charge in [-0.15, -0.1) is 0 Å². The highest BCUT2D eigenvalue weighted by atomic mass is 16.2. The first kappa shape index (κ1) is 14.8. The van der Waals surface area contributed by atoms with Crippen molar-refractivity contribution in [2.75, 3.05) is 19.6 Å². The largest absolute Gasteiger partial charge is 0.355 e. The highest BCUT2D eigenvalue weighted by Gasteiger charge is 2.44. The molecule has 0 aromatic heterocycles. The lowest BCUT2D eigenvalue weighted by Crippen LogP contribution is -2.48. The Bertz CT molecular complexity index is 298. The summed E-state index contributed by atoms with van der Waals surface area (Å²) in [7, 11) is 0. The summed E-state index contributed by atoms with van der Waals surface area (Å²) in [4.78, 5) is 12.6. The Morgan fingerprint density at radius 1 is 1.05 bits per heavy atom. The van der Waals surface area contributed by atoms with Gasteiger partial charge in [0.25, 0.3) is 0 Å². The summed E-state index contributed by atoms with van der Waals surface area (Å²) in [5.74, 6) is 0.332. The van der Waals surface area contributed by atoms with E-state index in [0.29, 0.717) is 11.3 Å². The molecule has 19 heavy (non-hydrogen) atoms. The summed E-state index contributed by atoms with van der Waals surface area (Å²) in [5, 5.41) is 6.68. The number of hydrogen-bond donors (Lipinski definition) is 2. The fourth-order valence-electron chi connectivity index (χ4n) is 3.65. The smallest absolute Gasteiger partial charge is 0.226 e. The number of rotatable bonds is 7. The van der Waals surface area contributed by atoms with E-state index < -0.39 is 0 Å². The van der Waals surface area contributed by atoms with Gasteiger partial charge in [-0.25, -0.2) is 0 Å². The van der Waals surface area contributed by atoms with Crippen molar-refractivity contribution in [3.63, 3.8) is 0 Å². The number of piperidine rings is 1. The Morgan fingerprint density at radius 2 is 1.68 bits per heavy atom. The van der Waals surface area contributed by atoms with E-state index in [1.807, 2.05) is 0 Å². The van der Waals surface area contributed by atoms with Gasteiger partial charge < -0.3 is 10.6 Å². The first-order valence-electron chi connectivity index (χ1n) is 8.15. The van der Waals surface area contributed by atoms with Gasteiger partial charge >= 0.3 is 0 Å². The predicted octanol–water partition coefficient (Wildman–Crippen LogP) is 2.85. The Kier molecular flexibility index (Phi) is 4.88. The Balaban J connectivity index is 1.89. The first-order chi connectivity index (χ1) is 9.16. The van der Waals surface area contributed by atoms with E-state index in [4.69, 9.17) is 0 Å². The fourth-order valence-corrected chi connectivity index (χ4v) is 3.65. The van der Waals surface area contributed by atoms with Crippen molar-refractivity contribution in [3.05, 3.63) is 0 Å². The molecule has 110 valence electrons. The topological polar surface area (TPSA) is 41.1 Å². The molecule has 0 aromatic rings. The van der Waals surface area contributed by atoms with Crippen molar-refractivity contribution in [2.45, 2.75) is 65.2 Å². The maximum atomic E-state index is 12.6. The van der Waals surface area contributed by atoms with E-state index in [0.717, 1.165) is 45.3 Å². The second-order valence-corrected chi connectivity index (χ2v) is 6.71. The molecular weight excluding hydrogens is 236 g/mol. The molecule has 2 fully saturated rings. The predicted molar refractivity (Wildman–Crippen MR) is 79.0 cm³/mol. The van der Waals surface area contributed by atoms with Crippen LogP contribution in [0.3, 0.4) is 0 Å². The van der Waals surface area contributed by atoms with Crippen molar-refractivity contribution >= 4 is 5.91 Å². The second kappa shape index (κ2) is 6.25. The van der Waals surface area contributed by atoms with Crippen LogP contribution in [0.1, 0.15) is 65.2 Å². The SMILES string of the molecule is CCCC1(CNC(=O)C2(CCC)CCNCC2)CC1. The number of carbonyl (C=O) groups excluding carboxylic acids is 1. The third-order valence-electron chi connectivity index (χ3n) is 5.13. The lowest BCUT2D eigenvalue weighted by Gasteiger charge is -2.36. The minimum absolute atomic E-state index is 0.0811. The molecule has 1 amide bonds. The molecule has 0 aromatic carbocycles. The highest BCUT2D eigenvalue weighted by molar-refractivity contribution is 5.82. The molecule has 3 heteroatoms. The fraction of sp³-hybridized carbons (Fsp3) is 0.938. The maximum Gasteiger partial charge on any atom is 0.226 e. The van der Waals surface area contributed by atoms with Gasteiger partial charge in [-0.3, -0.25) is 4.79 Å². The van der Waals surface area contributed by atoms with Crippen molar-refractivity contribution in [3.8, 4) is 0 Å². The van der Waals surface area contributed by atoms with Crippen LogP contribution in [-0.4, -0.2) is 25.5 Å². The van der Waals surface area contributed by atoms with Gasteiger partial charge in [0.05, 0.1) is 5.41 Å². The third-order valence-corrected chi connectivity index (χ3v) is 5.13. The van der Waals surface area contributed by atoms with Gasteiger partial charge in [-0.1, -0.05) is 26.7 Å². The first-order valence-corrected chi connectivity index (χ1v) is 8.15. The van der Waals surface area contributed by atoms with Gasteiger partial charge in [0.15, 0.2) is 0 Å². The summed E-state index contributed by atoms with van der Waals surface area (Å²) in [5.41, 5.74) is 0.382. The van der Waals surface area contributed by atoms with E-state index in [2.05, 4.69) is 24.5 Å². The second-order valence-electron chi connectivity index (χ2n) is 6.71. The zero-order chi connectivity index (χ0) is 13.8. The van der Waals surface area contributed by atoms with Crippen molar-refractivity contribution in [1.29, 1.82) is 0 Å². The van der Waals surface area contributed by atoms with Gasteiger partial charge in [0.2, 0.25) is 5.91 Å². The molecule has 1 heterocycles. The minimum atomic E-state index is -0.0811. The molecule has 0 spiro atoms. The van der Waals surface area contributed by atoms with Crippen LogP contribution in [0, 0.1) is 10.8 Å². The summed E-state index contributed by atoms with van der Waals surface area (Å²) in [6.45, 7) is 7.34. The van der Waals surface area contributed by atoms with Crippen LogP contribution in [0.2, 0.25) is 0 Å². The minimum Gasteiger partial charge on any atom is -0.355 e. The van der Waals surface area contributed by atoms with Gasteiger partial charge in [0, 0.05) is 6.54 Å². The van der Waals surface area contributed by atoms with Crippen LogP contribution in [0.5, 0.6) is 0 Å². The molecule has 1 saturated carbocycles. The van der Waals surface area contributed by atoms with Crippen molar-refractivity contribution in [1.82, 2.24) is 10.6 Å². The highest BCUT2D eigenvalue weighted by Crippen LogP contribution is 2.49. The Morgan fingerprint density at radius 3 is 2.21 bits per heavy atom. The molecule has 0 radical (unpaired) electrons. The summed E-state index contributed by atoms with van der Waals surface area (Å²) in [6.07, 6.45) is 9.29. The molecule has 2 aliphatic rings. The molecule has 1 saturated heterocycles. The molecule has 1 aliphatic heterocycles. The van der Waals surface area contributed by atoms with Crippen LogP contribution < -0.4 is 10.6 Å². The molecule has 0 atom stereocenters. The van der Waals surface area contributed by atoms with Gasteiger partial charge in [0.1, 0.15) is 0 Å². The van der Waals surface area contributed by atoms with Crippen LogP contribution in [-0.2, 0) is 4.79 Å². The quantitative estimate of drug-likeness (QED) is 0.744. The lowest BCUT2D eigenvalue weighted by molar-refractivity contribution is -0.133. The monoisotopic (exact) mass is 266 g/mol. The average Bonchev–Trinajstić information content (AvgIpc) is 3.18. The standard InChI is InChI=1S/C16H30N2O/c1-3-5-15(7-8-15)13-18-14(19)16(6-4-2)9-11-17-12-10-16/h17H,3-13H2,1-2H3,(H,18,19). The van der Waals surface area contributed by atoms with E-state index in [-0.39, 0.29) is 5.41 Å². The number of hydrogen-bond acceptors (Lipinski definition) is 2. The number of amides is 1. The lowest BCUT2D eigenvalue weighted by atomic mass is 9.74. The normalized spacial score (nSPS) is 23.9. The zero-order valence-corrected chi connectivity index (χ0v) is 12.7. The van der Waals surface area contributed by atoms with Crippen molar-refractivity contribution < 1.29 is 4.79 Å². The summed E-state index contributed by atoms with van der Waals surface area (Å²) < 4.78 is 0. The molecule has 0 unspecified atom stereocenters. The van der Waals surface area contributed by atoms with E-state index in [1.54, 1.807) is 0 Å². The van der Waals surface area contributed by atoms with Gasteiger partial charge in [-0.05, 0) is 57.0 Å². The van der Waals surface area contributed by atoms with Crippen LogP contribution in [0.25, 0.3) is 0 Å². The molecule has 0 bridgehead atoms. The molecule has 2 N–H and O–H groups in total. The Labute approximate surface area is 117 Å². The average molecular weight is 266 g/mol. The summed E-state index contributed by atoms with van der Waals surface area (Å²) >= 11 is 0. The third kappa shape index (κ3) is 3.50. The zero-order valence-electron chi connectivity index (χ0n) is 12.7. The maximum absolute atomic E-state index is 12.6. The number of carbonyl (C=O) groups is 1. The van der Waals surface area contributed by atoms with E-state index in [1.165, 1.54) is 25.7 Å². The van der Waals surface area contributed by atoms with E-state index in [9.17, 15) is 4.79 Å². The molecule has 1 aliphatic carbocycles. The van der Waals surface area contributed by atoms with Crippen molar-refractivity contribution in [2.24, 2.45) is 10.8 Å². The van der Waals surface area contributed by atoms with Crippen LogP contribution in [0.4, 0.5) is 0 Å². The van der Waals surface area contributed by atoms with Crippen LogP contribution >= 0.6 is 0 Å². The molecule has 3 nitrogen and oxygen atoms in total. The van der Waals surface area contributed by atoms with E-state index >= 15 is 0 Å². The number of nitrogens with one attached hydrogen (secondary N) is 2. The summed E-state index contributed by atoms with van der Waals surface area (Å²) in [6, 6.07) is 0. The van der Waals surface area contributed by atoms with Gasteiger partial charge in [-0.2, -0.15) is 0 Å². The van der Waals surface area contributed by atoms with Crippen LogP contribution in [0.15, 0.2) is 0 Å². The Hall–Kier alpha value is -0.570. The molecular formula is C16H30N2O.